The molecule has 4 nitrogen and oxygen atoms in total. The topological polar surface area (TPSA) is 47.6 Å². The predicted molar refractivity (Wildman–Crippen MR) is 79.8 cm³/mol. The highest BCUT2D eigenvalue weighted by molar-refractivity contribution is 6.04. The summed E-state index contributed by atoms with van der Waals surface area (Å²) in [6.07, 6.45) is 5.34. The number of anilines is 1. The third kappa shape index (κ3) is 2.82. The van der Waals surface area contributed by atoms with E-state index in [1.807, 2.05) is 0 Å². The second-order valence-electron chi connectivity index (χ2n) is 4.54. The molecule has 1 heterocycles. The lowest BCUT2D eigenvalue weighted by Gasteiger charge is -2.18. The van der Waals surface area contributed by atoms with Crippen LogP contribution in [-0.2, 0) is 0 Å². The van der Waals surface area contributed by atoms with Crippen LogP contribution in [-0.4, -0.2) is 19.1 Å². The third-order valence-corrected chi connectivity index (χ3v) is 3.09. The van der Waals surface area contributed by atoms with Gasteiger partial charge < -0.3 is 14.8 Å². The van der Waals surface area contributed by atoms with Crippen LogP contribution in [0.5, 0.6) is 11.5 Å². The highest BCUT2D eigenvalue weighted by Crippen LogP contribution is 2.30. The summed E-state index contributed by atoms with van der Waals surface area (Å²) in [5.74, 6) is 3.56. The number of terminal acetylenes is 1. The summed E-state index contributed by atoms with van der Waals surface area (Å²) in [6, 6.07) is 12.3. The zero-order valence-corrected chi connectivity index (χ0v) is 11.3. The van der Waals surface area contributed by atoms with Crippen LogP contribution >= 0.6 is 0 Å². The van der Waals surface area contributed by atoms with Crippen molar-refractivity contribution in [2.24, 2.45) is 0 Å². The molecule has 1 N–H and O–H groups in total. The molecule has 0 atom stereocenters. The fraction of sp³-hybridized carbons (Fsp3) is 0.118. The number of fused-ring (bicyclic) bond motifs is 1. The molecule has 1 aliphatic heterocycles. The maximum Gasteiger partial charge on any atom is 0.255 e. The molecule has 104 valence electrons. The lowest BCUT2D eigenvalue weighted by Crippen LogP contribution is -2.17. The maximum absolute atomic E-state index is 12.2. The average Bonchev–Trinajstić information content (AvgIpc) is 2.54. The molecule has 2 aromatic carbocycles. The summed E-state index contributed by atoms with van der Waals surface area (Å²) in [7, 11) is 0. The Labute approximate surface area is 122 Å². The van der Waals surface area contributed by atoms with E-state index in [0.717, 1.165) is 5.56 Å². The quantitative estimate of drug-likeness (QED) is 0.860. The summed E-state index contributed by atoms with van der Waals surface area (Å²) in [5, 5.41) is 2.81. The lowest BCUT2D eigenvalue weighted by molar-refractivity contribution is 0.102. The van der Waals surface area contributed by atoms with Gasteiger partial charge in [-0.05, 0) is 36.4 Å². The van der Waals surface area contributed by atoms with Gasteiger partial charge in [-0.25, -0.2) is 0 Å². The van der Waals surface area contributed by atoms with Crippen LogP contribution in [0.2, 0.25) is 0 Å². The molecule has 4 heteroatoms. The van der Waals surface area contributed by atoms with Crippen molar-refractivity contribution in [3.8, 4) is 23.8 Å². The van der Waals surface area contributed by atoms with Crippen LogP contribution in [0.3, 0.4) is 0 Å². The van der Waals surface area contributed by atoms with Crippen molar-refractivity contribution in [3.63, 3.8) is 0 Å². The van der Waals surface area contributed by atoms with E-state index in [9.17, 15) is 4.79 Å². The summed E-state index contributed by atoms with van der Waals surface area (Å²) in [5.41, 5.74) is 1.88. The molecule has 21 heavy (non-hydrogen) atoms. The van der Waals surface area contributed by atoms with Crippen molar-refractivity contribution >= 4 is 11.6 Å². The number of nitrogens with one attached hydrogen (secondary N) is 1. The minimum Gasteiger partial charge on any atom is -0.486 e. The number of rotatable bonds is 2. The number of benzene rings is 2. The van der Waals surface area contributed by atoms with Gasteiger partial charge in [0.1, 0.15) is 13.2 Å². The van der Waals surface area contributed by atoms with Gasteiger partial charge in [0.25, 0.3) is 5.91 Å². The van der Waals surface area contributed by atoms with Crippen LogP contribution in [0.25, 0.3) is 0 Å². The highest BCUT2D eigenvalue weighted by atomic mass is 16.6. The van der Waals surface area contributed by atoms with Crippen LogP contribution in [0.4, 0.5) is 5.69 Å². The molecule has 0 fully saturated rings. The Balaban J connectivity index is 1.80. The van der Waals surface area contributed by atoms with Gasteiger partial charge in [-0.15, -0.1) is 6.42 Å². The molecule has 1 aliphatic rings. The van der Waals surface area contributed by atoms with Crippen LogP contribution < -0.4 is 14.8 Å². The average molecular weight is 279 g/mol. The Kier molecular flexibility index (Phi) is 3.48. The molecule has 0 aliphatic carbocycles. The molecule has 0 saturated heterocycles. The number of carbonyl (C=O) groups excluding carboxylic acids is 1. The zero-order chi connectivity index (χ0) is 14.7. The minimum atomic E-state index is -0.221. The number of carbonyl (C=O) groups is 1. The van der Waals surface area contributed by atoms with E-state index < -0.39 is 0 Å². The Hall–Kier alpha value is -2.93. The van der Waals surface area contributed by atoms with Gasteiger partial charge in [-0.3, -0.25) is 4.79 Å². The molecule has 0 unspecified atom stereocenters. The number of hydrogen-bond donors (Lipinski definition) is 1. The maximum atomic E-state index is 12.2. The second-order valence-corrected chi connectivity index (χ2v) is 4.54. The Morgan fingerprint density at radius 3 is 2.71 bits per heavy atom. The number of hydrogen-bond acceptors (Lipinski definition) is 3. The highest BCUT2D eigenvalue weighted by Gasteiger charge is 2.15. The molecule has 2 aromatic rings. The second kappa shape index (κ2) is 5.59. The first kappa shape index (κ1) is 13.1. The molecular formula is C17H13NO3. The summed E-state index contributed by atoms with van der Waals surface area (Å²) in [4.78, 5) is 12.2. The van der Waals surface area contributed by atoms with Crippen LogP contribution in [0, 0.1) is 12.3 Å². The van der Waals surface area contributed by atoms with Crippen molar-refractivity contribution in [3.05, 3.63) is 53.6 Å². The van der Waals surface area contributed by atoms with E-state index in [1.165, 1.54) is 0 Å². The molecule has 0 bridgehead atoms. The first-order valence-electron chi connectivity index (χ1n) is 6.54. The van der Waals surface area contributed by atoms with Crippen molar-refractivity contribution in [2.45, 2.75) is 0 Å². The van der Waals surface area contributed by atoms with E-state index >= 15 is 0 Å². The number of ether oxygens (including phenoxy) is 2. The summed E-state index contributed by atoms with van der Waals surface area (Å²) >= 11 is 0. The smallest absolute Gasteiger partial charge is 0.255 e. The van der Waals surface area contributed by atoms with E-state index in [-0.39, 0.29) is 5.91 Å². The monoisotopic (exact) mass is 279 g/mol. The predicted octanol–water partition coefficient (Wildman–Crippen LogP) is 2.69. The van der Waals surface area contributed by atoms with Gasteiger partial charge >= 0.3 is 0 Å². The summed E-state index contributed by atoms with van der Waals surface area (Å²) < 4.78 is 10.9. The third-order valence-electron chi connectivity index (χ3n) is 3.09. The Bertz CT molecular complexity index is 731. The SMILES string of the molecule is C#Cc1cccc(NC(=O)c2ccc3c(c2)OCCO3)c1. The van der Waals surface area contributed by atoms with Gasteiger partial charge in [0.2, 0.25) is 0 Å². The van der Waals surface area contributed by atoms with Crippen molar-refractivity contribution in [1.29, 1.82) is 0 Å². The standard InChI is InChI=1S/C17H13NO3/c1-2-12-4-3-5-14(10-12)18-17(19)13-6-7-15-16(11-13)21-9-8-20-15/h1,3-7,10-11H,8-9H2,(H,18,19). The van der Waals surface area contributed by atoms with Crippen LogP contribution in [0.15, 0.2) is 42.5 Å². The van der Waals surface area contributed by atoms with E-state index in [1.54, 1.807) is 42.5 Å². The Morgan fingerprint density at radius 1 is 1.10 bits per heavy atom. The van der Waals surface area contributed by atoms with Crippen molar-refractivity contribution in [1.82, 2.24) is 0 Å². The molecule has 3 rings (SSSR count). The van der Waals surface area contributed by atoms with Crippen LogP contribution in [0.1, 0.15) is 15.9 Å². The normalized spacial score (nSPS) is 12.3. The number of amides is 1. The van der Waals surface area contributed by atoms with E-state index in [4.69, 9.17) is 15.9 Å². The lowest BCUT2D eigenvalue weighted by atomic mass is 10.1. The van der Waals surface area contributed by atoms with Gasteiger partial charge in [-0.1, -0.05) is 12.0 Å². The molecule has 1 amide bonds. The van der Waals surface area contributed by atoms with Gasteiger partial charge in [0.15, 0.2) is 11.5 Å². The summed E-state index contributed by atoms with van der Waals surface area (Å²) in [6.45, 7) is 1.01. The molecule has 0 aromatic heterocycles. The largest absolute Gasteiger partial charge is 0.486 e. The zero-order valence-electron chi connectivity index (χ0n) is 11.3. The Morgan fingerprint density at radius 2 is 1.90 bits per heavy atom. The van der Waals surface area contributed by atoms with E-state index in [0.29, 0.717) is 36.0 Å². The first-order valence-corrected chi connectivity index (χ1v) is 6.54. The molecular weight excluding hydrogens is 266 g/mol. The molecule has 0 spiro atoms. The van der Waals surface area contributed by atoms with Crippen molar-refractivity contribution in [2.75, 3.05) is 18.5 Å². The van der Waals surface area contributed by atoms with E-state index in [2.05, 4.69) is 11.2 Å². The molecule has 0 radical (unpaired) electrons. The minimum absolute atomic E-state index is 0.221. The van der Waals surface area contributed by atoms with Gasteiger partial charge in [-0.2, -0.15) is 0 Å². The fourth-order valence-corrected chi connectivity index (χ4v) is 2.07. The first-order chi connectivity index (χ1) is 10.3. The van der Waals surface area contributed by atoms with Crippen molar-refractivity contribution < 1.29 is 14.3 Å². The van der Waals surface area contributed by atoms with Gasteiger partial charge in [0.05, 0.1) is 0 Å². The van der Waals surface area contributed by atoms with Gasteiger partial charge in [0, 0.05) is 16.8 Å². The fourth-order valence-electron chi connectivity index (χ4n) is 2.07. The molecule has 0 saturated carbocycles.